The standard InChI is InChI=1S/C18H20N2O2/c21-17(12-14-6-4-5-7-14)19-15-10-11-18(22)20(13-15)16-8-2-1-3-9-16/h1-3,8-11,13-14H,4-7,12H2,(H,19,21). The van der Waals surface area contributed by atoms with E-state index in [0.717, 1.165) is 18.5 Å². The maximum atomic E-state index is 12.1. The van der Waals surface area contributed by atoms with Crippen molar-refractivity contribution in [3.8, 4) is 5.69 Å². The Balaban J connectivity index is 1.74. The van der Waals surface area contributed by atoms with Gasteiger partial charge in [-0.3, -0.25) is 14.2 Å². The summed E-state index contributed by atoms with van der Waals surface area (Å²) in [6, 6.07) is 12.5. The Bertz CT molecular complexity index is 701. The first-order valence-corrected chi connectivity index (χ1v) is 7.80. The quantitative estimate of drug-likeness (QED) is 0.940. The molecule has 1 saturated carbocycles. The van der Waals surface area contributed by atoms with Crippen LogP contribution in [0.5, 0.6) is 0 Å². The average Bonchev–Trinajstić information content (AvgIpc) is 3.03. The molecule has 114 valence electrons. The Morgan fingerprint density at radius 3 is 2.55 bits per heavy atom. The third-order valence-electron chi connectivity index (χ3n) is 4.18. The van der Waals surface area contributed by atoms with Gasteiger partial charge in [0.05, 0.1) is 5.69 Å². The molecule has 1 aromatic heterocycles. The Morgan fingerprint density at radius 2 is 1.82 bits per heavy atom. The van der Waals surface area contributed by atoms with E-state index in [2.05, 4.69) is 5.32 Å². The van der Waals surface area contributed by atoms with Crippen molar-refractivity contribution in [2.75, 3.05) is 5.32 Å². The monoisotopic (exact) mass is 296 g/mol. The van der Waals surface area contributed by atoms with E-state index in [1.165, 1.54) is 18.9 Å². The minimum Gasteiger partial charge on any atom is -0.325 e. The van der Waals surface area contributed by atoms with E-state index in [9.17, 15) is 9.59 Å². The molecular weight excluding hydrogens is 276 g/mol. The van der Waals surface area contributed by atoms with Crippen LogP contribution in [0, 0.1) is 5.92 Å². The van der Waals surface area contributed by atoms with Gasteiger partial charge in [0.1, 0.15) is 0 Å². The number of rotatable bonds is 4. The average molecular weight is 296 g/mol. The first kappa shape index (κ1) is 14.6. The van der Waals surface area contributed by atoms with Crippen molar-refractivity contribution in [1.82, 2.24) is 4.57 Å². The SMILES string of the molecule is O=C(CC1CCCC1)Nc1ccc(=O)n(-c2ccccc2)c1. The largest absolute Gasteiger partial charge is 0.325 e. The zero-order valence-electron chi connectivity index (χ0n) is 12.5. The summed E-state index contributed by atoms with van der Waals surface area (Å²) in [5, 5.41) is 2.91. The summed E-state index contributed by atoms with van der Waals surface area (Å²) < 4.78 is 1.55. The first-order chi connectivity index (χ1) is 10.7. The number of carbonyl (C=O) groups excluding carboxylic acids is 1. The van der Waals surface area contributed by atoms with Crippen LogP contribution in [0.2, 0.25) is 0 Å². The molecule has 0 bridgehead atoms. The molecule has 0 unspecified atom stereocenters. The van der Waals surface area contributed by atoms with E-state index >= 15 is 0 Å². The van der Waals surface area contributed by atoms with Gasteiger partial charge in [-0.05, 0) is 37.0 Å². The van der Waals surface area contributed by atoms with Gasteiger partial charge in [-0.1, -0.05) is 31.0 Å². The van der Waals surface area contributed by atoms with E-state index < -0.39 is 0 Å². The lowest BCUT2D eigenvalue weighted by atomic mass is 10.0. The summed E-state index contributed by atoms with van der Waals surface area (Å²) in [5.41, 5.74) is 1.34. The Labute approximate surface area is 129 Å². The van der Waals surface area contributed by atoms with Gasteiger partial charge in [0.25, 0.3) is 5.56 Å². The van der Waals surface area contributed by atoms with Gasteiger partial charge in [0.2, 0.25) is 5.91 Å². The van der Waals surface area contributed by atoms with Crippen molar-refractivity contribution in [2.24, 2.45) is 5.92 Å². The predicted octanol–water partition coefficient (Wildman–Crippen LogP) is 3.36. The van der Waals surface area contributed by atoms with Crippen molar-refractivity contribution >= 4 is 11.6 Å². The molecule has 0 saturated heterocycles. The third kappa shape index (κ3) is 3.45. The number of anilines is 1. The second-order valence-electron chi connectivity index (χ2n) is 5.86. The zero-order valence-corrected chi connectivity index (χ0v) is 12.5. The van der Waals surface area contributed by atoms with Crippen LogP contribution in [0.15, 0.2) is 53.5 Å². The summed E-state index contributed by atoms with van der Waals surface area (Å²) in [4.78, 5) is 24.1. The molecule has 0 atom stereocenters. The van der Waals surface area contributed by atoms with Gasteiger partial charge in [-0.15, -0.1) is 0 Å². The van der Waals surface area contributed by atoms with Crippen molar-refractivity contribution in [2.45, 2.75) is 32.1 Å². The van der Waals surface area contributed by atoms with E-state index in [0.29, 0.717) is 18.0 Å². The molecule has 1 aromatic carbocycles. The number of carbonyl (C=O) groups is 1. The fourth-order valence-electron chi connectivity index (χ4n) is 3.04. The minimum atomic E-state index is -0.111. The minimum absolute atomic E-state index is 0.0326. The van der Waals surface area contributed by atoms with Crippen LogP contribution >= 0.6 is 0 Å². The van der Waals surface area contributed by atoms with E-state index in [-0.39, 0.29) is 11.5 Å². The molecule has 1 aliphatic carbocycles. The number of pyridine rings is 1. The maximum absolute atomic E-state index is 12.1. The van der Waals surface area contributed by atoms with Crippen LogP contribution in [0.25, 0.3) is 5.69 Å². The lowest BCUT2D eigenvalue weighted by molar-refractivity contribution is -0.117. The molecule has 0 radical (unpaired) electrons. The zero-order chi connectivity index (χ0) is 15.4. The molecule has 1 N–H and O–H groups in total. The van der Waals surface area contributed by atoms with E-state index in [1.807, 2.05) is 30.3 Å². The lowest BCUT2D eigenvalue weighted by Gasteiger charge is -2.11. The number of aromatic nitrogens is 1. The maximum Gasteiger partial charge on any atom is 0.255 e. The highest BCUT2D eigenvalue weighted by atomic mass is 16.1. The lowest BCUT2D eigenvalue weighted by Crippen LogP contribution is -2.20. The molecule has 3 rings (SSSR count). The number of nitrogens with zero attached hydrogens (tertiary/aromatic N) is 1. The number of hydrogen-bond acceptors (Lipinski definition) is 2. The van der Waals surface area contributed by atoms with Crippen molar-refractivity contribution < 1.29 is 4.79 Å². The number of para-hydroxylation sites is 1. The van der Waals surface area contributed by atoms with Crippen LogP contribution in [-0.2, 0) is 4.79 Å². The third-order valence-corrected chi connectivity index (χ3v) is 4.18. The summed E-state index contributed by atoms with van der Waals surface area (Å²) in [6.07, 6.45) is 7.02. The molecule has 22 heavy (non-hydrogen) atoms. The molecule has 1 aliphatic rings. The fraction of sp³-hybridized carbons (Fsp3) is 0.333. The van der Waals surface area contributed by atoms with Gasteiger partial charge in [-0.2, -0.15) is 0 Å². The summed E-state index contributed by atoms with van der Waals surface area (Å²) >= 11 is 0. The van der Waals surface area contributed by atoms with Crippen LogP contribution in [0.3, 0.4) is 0 Å². The van der Waals surface area contributed by atoms with Crippen molar-refractivity contribution in [1.29, 1.82) is 0 Å². The normalized spacial score (nSPS) is 14.9. The Morgan fingerprint density at radius 1 is 1.09 bits per heavy atom. The highest BCUT2D eigenvalue weighted by Gasteiger charge is 2.18. The second-order valence-corrected chi connectivity index (χ2v) is 5.86. The van der Waals surface area contributed by atoms with Crippen LogP contribution < -0.4 is 10.9 Å². The summed E-state index contributed by atoms with van der Waals surface area (Å²) in [6.45, 7) is 0. The van der Waals surface area contributed by atoms with Gasteiger partial charge in [-0.25, -0.2) is 0 Å². The van der Waals surface area contributed by atoms with Gasteiger partial charge >= 0.3 is 0 Å². The van der Waals surface area contributed by atoms with Crippen LogP contribution in [0.1, 0.15) is 32.1 Å². The van der Waals surface area contributed by atoms with Crippen LogP contribution in [0.4, 0.5) is 5.69 Å². The van der Waals surface area contributed by atoms with Gasteiger partial charge < -0.3 is 5.32 Å². The molecule has 4 heteroatoms. The number of nitrogens with one attached hydrogen (secondary N) is 1. The van der Waals surface area contributed by atoms with Gasteiger partial charge in [0, 0.05) is 24.4 Å². The highest BCUT2D eigenvalue weighted by molar-refractivity contribution is 5.90. The first-order valence-electron chi connectivity index (χ1n) is 7.80. The molecule has 2 aromatic rings. The van der Waals surface area contributed by atoms with Crippen molar-refractivity contribution in [3.63, 3.8) is 0 Å². The molecular formula is C18H20N2O2. The molecule has 0 aliphatic heterocycles. The Kier molecular flexibility index (Phi) is 4.37. The molecule has 1 amide bonds. The number of benzene rings is 1. The predicted molar refractivity (Wildman–Crippen MR) is 87.2 cm³/mol. The second kappa shape index (κ2) is 6.60. The molecule has 0 spiro atoms. The fourth-order valence-corrected chi connectivity index (χ4v) is 3.04. The topological polar surface area (TPSA) is 51.1 Å². The molecule has 4 nitrogen and oxygen atoms in total. The Hall–Kier alpha value is -2.36. The van der Waals surface area contributed by atoms with Crippen molar-refractivity contribution in [3.05, 3.63) is 59.0 Å². The van der Waals surface area contributed by atoms with E-state index in [4.69, 9.17) is 0 Å². The van der Waals surface area contributed by atoms with E-state index in [1.54, 1.807) is 16.8 Å². The smallest absolute Gasteiger partial charge is 0.255 e. The van der Waals surface area contributed by atoms with Gasteiger partial charge in [0.15, 0.2) is 0 Å². The molecule has 1 fully saturated rings. The number of amides is 1. The summed E-state index contributed by atoms with van der Waals surface area (Å²) in [5.74, 6) is 0.546. The molecule has 1 heterocycles. The van der Waals surface area contributed by atoms with Crippen LogP contribution in [-0.4, -0.2) is 10.5 Å². The summed E-state index contributed by atoms with van der Waals surface area (Å²) in [7, 11) is 0. The highest BCUT2D eigenvalue weighted by Crippen LogP contribution is 2.27. The number of hydrogen-bond donors (Lipinski definition) is 1.